The molecule has 15 heavy (non-hydrogen) atoms. The summed E-state index contributed by atoms with van der Waals surface area (Å²) in [7, 11) is 0. The van der Waals surface area contributed by atoms with E-state index in [-0.39, 0.29) is 5.56 Å². The second-order valence-corrected chi connectivity index (χ2v) is 3.94. The lowest BCUT2D eigenvalue weighted by molar-refractivity contribution is 0.744. The highest BCUT2D eigenvalue weighted by atomic mass is 32.1. The lowest BCUT2D eigenvalue weighted by Gasteiger charge is -1.99. The summed E-state index contributed by atoms with van der Waals surface area (Å²) in [6, 6.07) is 1.42. The summed E-state index contributed by atoms with van der Waals surface area (Å²) in [6.45, 7) is 0.464. The molecule has 6 nitrogen and oxygen atoms in total. The number of rotatable bonds is 3. The Kier molecular flexibility index (Phi) is 2.75. The van der Waals surface area contributed by atoms with Crippen LogP contribution in [0.15, 0.2) is 29.6 Å². The van der Waals surface area contributed by atoms with Crippen molar-refractivity contribution in [2.45, 2.75) is 6.54 Å². The van der Waals surface area contributed by atoms with Gasteiger partial charge < -0.3 is 0 Å². The first-order valence-electron chi connectivity index (χ1n) is 4.21. The van der Waals surface area contributed by atoms with Gasteiger partial charge in [0, 0.05) is 23.3 Å². The van der Waals surface area contributed by atoms with Crippen molar-refractivity contribution >= 4 is 16.5 Å². The van der Waals surface area contributed by atoms with Crippen LogP contribution in [-0.4, -0.2) is 14.5 Å². The molecule has 0 aliphatic heterocycles. The van der Waals surface area contributed by atoms with Gasteiger partial charge in [0.15, 0.2) is 5.13 Å². The predicted molar refractivity (Wildman–Crippen MR) is 57.5 cm³/mol. The van der Waals surface area contributed by atoms with Crippen LogP contribution in [0.3, 0.4) is 0 Å². The zero-order valence-corrected chi connectivity index (χ0v) is 8.57. The maximum absolute atomic E-state index is 11.4. The first-order valence-corrected chi connectivity index (χ1v) is 5.03. The molecule has 7 heteroatoms. The smallest absolute Gasteiger partial charge is 0.253 e. The third-order valence-corrected chi connectivity index (χ3v) is 2.71. The summed E-state index contributed by atoms with van der Waals surface area (Å²) < 4.78 is 1.51. The monoisotopic (exact) mass is 223 g/mol. The fourth-order valence-electron chi connectivity index (χ4n) is 1.11. The van der Waals surface area contributed by atoms with Gasteiger partial charge in [0.2, 0.25) is 0 Å². The minimum Gasteiger partial charge on any atom is -0.300 e. The SMILES string of the molecule is NNc1ncc(Cn2cnccc2=O)s1. The van der Waals surface area contributed by atoms with Gasteiger partial charge in [-0.2, -0.15) is 0 Å². The van der Waals surface area contributed by atoms with E-state index in [4.69, 9.17) is 5.84 Å². The Morgan fingerprint density at radius 3 is 3.13 bits per heavy atom. The van der Waals surface area contributed by atoms with Crippen molar-refractivity contribution in [3.8, 4) is 0 Å². The van der Waals surface area contributed by atoms with Crippen molar-refractivity contribution in [1.29, 1.82) is 0 Å². The molecule has 78 valence electrons. The normalized spacial score (nSPS) is 10.2. The minimum atomic E-state index is -0.0827. The van der Waals surface area contributed by atoms with Crippen LogP contribution in [0, 0.1) is 0 Å². The highest BCUT2D eigenvalue weighted by molar-refractivity contribution is 7.15. The Balaban J connectivity index is 2.22. The maximum atomic E-state index is 11.4. The Labute approximate surface area is 89.4 Å². The van der Waals surface area contributed by atoms with Crippen LogP contribution in [0.1, 0.15) is 4.88 Å². The molecule has 0 fully saturated rings. The summed E-state index contributed by atoms with van der Waals surface area (Å²) in [4.78, 5) is 20.2. The van der Waals surface area contributed by atoms with Gasteiger partial charge in [0.1, 0.15) is 0 Å². The van der Waals surface area contributed by atoms with E-state index in [1.165, 1.54) is 34.5 Å². The molecule has 0 unspecified atom stereocenters. The van der Waals surface area contributed by atoms with Gasteiger partial charge in [-0.3, -0.25) is 14.8 Å². The molecule has 0 saturated heterocycles. The molecule has 0 aliphatic rings. The van der Waals surface area contributed by atoms with Crippen molar-refractivity contribution in [1.82, 2.24) is 14.5 Å². The number of aromatic nitrogens is 3. The first-order chi connectivity index (χ1) is 7.29. The third-order valence-electron chi connectivity index (χ3n) is 1.80. The van der Waals surface area contributed by atoms with Gasteiger partial charge in [-0.15, -0.1) is 0 Å². The number of hydrogen-bond acceptors (Lipinski definition) is 6. The van der Waals surface area contributed by atoms with Gasteiger partial charge in [0.25, 0.3) is 5.56 Å². The molecule has 0 aromatic carbocycles. The van der Waals surface area contributed by atoms with E-state index in [1.807, 2.05) is 0 Å². The van der Waals surface area contributed by atoms with E-state index in [9.17, 15) is 4.79 Å². The van der Waals surface area contributed by atoms with E-state index in [0.717, 1.165) is 4.88 Å². The lowest BCUT2D eigenvalue weighted by atomic mass is 10.5. The van der Waals surface area contributed by atoms with Gasteiger partial charge in [-0.05, 0) is 0 Å². The number of hydrogen-bond donors (Lipinski definition) is 2. The Bertz CT molecular complexity index is 505. The van der Waals surface area contributed by atoms with Crippen LogP contribution in [0.4, 0.5) is 5.13 Å². The number of nitrogen functional groups attached to an aromatic ring is 1. The Hall–Kier alpha value is -1.73. The summed E-state index contributed by atoms with van der Waals surface area (Å²) in [6.07, 6.45) is 4.65. The number of nitrogens with two attached hydrogens (primary N) is 1. The van der Waals surface area contributed by atoms with Crippen LogP contribution in [0.5, 0.6) is 0 Å². The van der Waals surface area contributed by atoms with Crippen molar-refractivity contribution in [3.63, 3.8) is 0 Å². The minimum absolute atomic E-state index is 0.0827. The van der Waals surface area contributed by atoms with Crippen molar-refractivity contribution < 1.29 is 0 Å². The number of nitrogens with one attached hydrogen (secondary N) is 1. The second-order valence-electron chi connectivity index (χ2n) is 2.82. The molecular formula is C8H9N5OS. The topological polar surface area (TPSA) is 85.8 Å². The second kappa shape index (κ2) is 4.20. The largest absolute Gasteiger partial charge is 0.300 e. The van der Waals surface area contributed by atoms with Crippen molar-refractivity contribution in [2.75, 3.05) is 5.43 Å². The fraction of sp³-hybridized carbons (Fsp3) is 0.125. The van der Waals surface area contributed by atoms with Crippen LogP contribution in [0.2, 0.25) is 0 Å². The molecule has 3 N–H and O–H groups in total. The summed E-state index contributed by atoms with van der Waals surface area (Å²) in [5, 5.41) is 0.627. The third kappa shape index (κ3) is 2.20. The Morgan fingerprint density at radius 1 is 1.60 bits per heavy atom. The molecule has 0 spiro atoms. The van der Waals surface area contributed by atoms with Gasteiger partial charge >= 0.3 is 0 Å². The first kappa shape index (κ1) is 9.81. The molecule has 0 bridgehead atoms. The van der Waals surface area contributed by atoms with E-state index in [0.29, 0.717) is 11.7 Å². The summed E-state index contributed by atoms with van der Waals surface area (Å²) >= 11 is 1.40. The van der Waals surface area contributed by atoms with E-state index < -0.39 is 0 Å². The highest BCUT2D eigenvalue weighted by Crippen LogP contribution is 2.16. The van der Waals surface area contributed by atoms with Gasteiger partial charge in [0.05, 0.1) is 12.9 Å². The standard InChI is InChI=1S/C8H9N5OS/c9-12-8-11-3-6(15-8)4-13-5-10-2-1-7(13)14/h1-3,5H,4,9H2,(H,11,12). The lowest BCUT2D eigenvalue weighted by Crippen LogP contribution is -2.18. The summed E-state index contributed by atoms with van der Waals surface area (Å²) in [5.41, 5.74) is 2.37. The molecule has 0 saturated carbocycles. The molecule has 2 rings (SSSR count). The number of thiazole rings is 1. The van der Waals surface area contributed by atoms with E-state index in [1.54, 1.807) is 6.20 Å². The zero-order chi connectivity index (χ0) is 10.7. The average molecular weight is 223 g/mol. The predicted octanol–water partition coefficient (Wildman–Crippen LogP) is 0.0337. The van der Waals surface area contributed by atoms with Crippen molar-refractivity contribution in [3.05, 3.63) is 40.0 Å². The summed E-state index contributed by atoms with van der Waals surface area (Å²) in [5.74, 6) is 5.20. The van der Waals surface area contributed by atoms with E-state index >= 15 is 0 Å². The zero-order valence-electron chi connectivity index (χ0n) is 7.75. The van der Waals surface area contributed by atoms with Crippen molar-refractivity contribution in [2.24, 2.45) is 5.84 Å². The number of hydrazine groups is 1. The van der Waals surface area contributed by atoms with E-state index in [2.05, 4.69) is 15.4 Å². The van der Waals surface area contributed by atoms with Crippen LogP contribution in [0.25, 0.3) is 0 Å². The highest BCUT2D eigenvalue weighted by Gasteiger charge is 2.02. The molecule has 2 heterocycles. The number of anilines is 1. The molecule has 0 radical (unpaired) electrons. The van der Waals surface area contributed by atoms with Crippen LogP contribution < -0.4 is 16.8 Å². The molecule has 2 aromatic rings. The fourth-order valence-corrected chi connectivity index (χ4v) is 1.83. The van der Waals surface area contributed by atoms with Crippen LogP contribution >= 0.6 is 11.3 Å². The molecule has 0 aliphatic carbocycles. The average Bonchev–Trinajstić information content (AvgIpc) is 2.69. The maximum Gasteiger partial charge on any atom is 0.253 e. The quantitative estimate of drug-likeness (QED) is 0.566. The molecule has 0 atom stereocenters. The van der Waals surface area contributed by atoms with Crippen LogP contribution in [-0.2, 0) is 6.54 Å². The Morgan fingerprint density at radius 2 is 2.47 bits per heavy atom. The van der Waals surface area contributed by atoms with Gasteiger partial charge in [-0.25, -0.2) is 15.8 Å². The number of nitrogens with zero attached hydrogens (tertiary/aromatic N) is 3. The molecule has 2 aromatic heterocycles. The van der Waals surface area contributed by atoms with Gasteiger partial charge in [-0.1, -0.05) is 11.3 Å². The molecular weight excluding hydrogens is 214 g/mol. The molecule has 0 amide bonds.